The van der Waals surface area contributed by atoms with Crippen molar-refractivity contribution in [3.8, 4) is 17.3 Å². The van der Waals surface area contributed by atoms with Gasteiger partial charge in [-0.15, -0.1) is 11.3 Å². The molecule has 140 valence electrons. The highest BCUT2D eigenvalue weighted by Crippen LogP contribution is 2.29. The fraction of sp³-hybridized carbons (Fsp3) is 0.182. The van der Waals surface area contributed by atoms with Crippen LogP contribution in [0.5, 0.6) is 0 Å². The van der Waals surface area contributed by atoms with Crippen molar-refractivity contribution >= 4 is 28.7 Å². The lowest BCUT2D eigenvalue weighted by Crippen LogP contribution is -1.93. The van der Waals surface area contributed by atoms with Crippen LogP contribution < -0.4 is 0 Å². The second-order valence-corrected chi connectivity index (χ2v) is 7.68. The fourth-order valence-electron chi connectivity index (χ4n) is 2.89. The van der Waals surface area contributed by atoms with Gasteiger partial charge in [-0.1, -0.05) is 50.2 Å². The van der Waals surface area contributed by atoms with E-state index in [2.05, 4.69) is 37.0 Å². The molecule has 0 aliphatic rings. The van der Waals surface area contributed by atoms with Gasteiger partial charge in [-0.3, -0.25) is 10.1 Å². The molecule has 28 heavy (non-hydrogen) atoms. The molecule has 2 aromatic carbocycles. The fourth-order valence-corrected chi connectivity index (χ4v) is 3.68. The van der Waals surface area contributed by atoms with E-state index in [1.54, 1.807) is 18.2 Å². The lowest BCUT2D eigenvalue weighted by Gasteiger charge is -2.05. The lowest BCUT2D eigenvalue weighted by atomic mass is 10.0. The Kier molecular flexibility index (Phi) is 5.97. The van der Waals surface area contributed by atoms with Crippen molar-refractivity contribution in [2.75, 3.05) is 0 Å². The van der Waals surface area contributed by atoms with E-state index in [0.29, 0.717) is 22.1 Å². The summed E-state index contributed by atoms with van der Waals surface area (Å²) in [6, 6.07) is 16.7. The average molecular weight is 389 g/mol. The van der Waals surface area contributed by atoms with E-state index in [1.165, 1.54) is 29.0 Å². The van der Waals surface area contributed by atoms with Crippen molar-refractivity contribution in [1.29, 1.82) is 5.26 Å². The summed E-state index contributed by atoms with van der Waals surface area (Å²) >= 11 is 1.35. The van der Waals surface area contributed by atoms with E-state index in [0.717, 1.165) is 17.7 Å². The monoisotopic (exact) mass is 389 g/mol. The van der Waals surface area contributed by atoms with Crippen LogP contribution in [0, 0.1) is 27.4 Å². The number of thiazole rings is 1. The molecule has 0 radical (unpaired) electrons. The average Bonchev–Trinajstić information content (AvgIpc) is 3.16. The maximum Gasteiger partial charge on any atom is 0.276 e. The standard InChI is InChI=1S/C22H19N3O2S/c1-15(2)11-16-7-9-17(10-8-16)20-14-28-22(24-20)19(13-23)12-18-5-3-4-6-21(18)25(26)27/h3-10,12,14-15H,11H2,1-2H3. The molecule has 0 unspecified atom stereocenters. The molecule has 0 saturated heterocycles. The number of para-hydroxylation sites is 1. The van der Waals surface area contributed by atoms with Crippen LogP contribution in [0.25, 0.3) is 22.9 Å². The minimum absolute atomic E-state index is 0.0345. The number of hydrogen-bond donors (Lipinski definition) is 0. The predicted molar refractivity (Wildman–Crippen MR) is 113 cm³/mol. The van der Waals surface area contributed by atoms with E-state index in [4.69, 9.17) is 0 Å². The number of nitrogens with zero attached hydrogens (tertiary/aromatic N) is 3. The Hall–Kier alpha value is -3.30. The van der Waals surface area contributed by atoms with E-state index < -0.39 is 4.92 Å². The van der Waals surface area contributed by atoms with Crippen LogP contribution in [0.4, 0.5) is 5.69 Å². The van der Waals surface area contributed by atoms with Crippen LogP contribution in [-0.2, 0) is 6.42 Å². The van der Waals surface area contributed by atoms with Crippen molar-refractivity contribution < 1.29 is 4.92 Å². The third-order valence-electron chi connectivity index (χ3n) is 4.18. The maximum atomic E-state index is 11.2. The van der Waals surface area contributed by atoms with Gasteiger partial charge >= 0.3 is 0 Å². The molecule has 0 aliphatic carbocycles. The van der Waals surface area contributed by atoms with E-state index >= 15 is 0 Å². The summed E-state index contributed by atoms with van der Waals surface area (Å²) in [5.41, 5.74) is 3.72. The van der Waals surface area contributed by atoms with E-state index in [9.17, 15) is 15.4 Å². The van der Waals surface area contributed by atoms with Gasteiger partial charge in [0, 0.05) is 17.0 Å². The van der Waals surface area contributed by atoms with Crippen molar-refractivity contribution in [3.05, 3.63) is 80.2 Å². The Labute approximate surface area is 167 Å². The summed E-state index contributed by atoms with van der Waals surface area (Å²) in [7, 11) is 0. The van der Waals surface area contributed by atoms with Gasteiger partial charge in [-0.2, -0.15) is 5.26 Å². The highest BCUT2D eigenvalue weighted by Gasteiger charge is 2.14. The molecule has 3 aromatic rings. The third-order valence-corrected chi connectivity index (χ3v) is 5.06. The van der Waals surface area contributed by atoms with Crippen LogP contribution in [-0.4, -0.2) is 9.91 Å². The van der Waals surface area contributed by atoms with Crippen LogP contribution in [0.15, 0.2) is 53.9 Å². The summed E-state index contributed by atoms with van der Waals surface area (Å²) in [4.78, 5) is 15.3. The molecule has 5 nitrogen and oxygen atoms in total. The Morgan fingerprint density at radius 3 is 2.61 bits per heavy atom. The van der Waals surface area contributed by atoms with Crippen LogP contribution in [0.2, 0.25) is 0 Å². The molecule has 1 aromatic heterocycles. The first-order valence-corrected chi connectivity index (χ1v) is 9.76. The number of rotatable bonds is 6. The molecule has 0 fully saturated rings. The van der Waals surface area contributed by atoms with Gasteiger partial charge < -0.3 is 0 Å². The normalized spacial score (nSPS) is 11.4. The van der Waals surface area contributed by atoms with Gasteiger partial charge in [0.15, 0.2) is 0 Å². The predicted octanol–water partition coefficient (Wildman–Crippen LogP) is 5.98. The molecule has 0 N–H and O–H groups in total. The SMILES string of the molecule is CC(C)Cc1ccc(-c2csc(C(C#N)=Cc3ccccc3[N+](=O)[O-])n2)cc1. The smallest absolute Gasteiger partial charge is 0.258 e. The first-order chi connectivity index (χ1) is 13.5. The summed E-state index contributed by atoms with van der Waals surface area (Å²) in [5.74, 6) is 0.599. The van der Waals surface area contributed by atoms with E-state index in [1.807, 2.05) is 17.5 Å². The maximum absolute atomic E-state index is 11.2. The molecular formula is C22H19N3O2S. The number of aromatic nitrogens is 1. The molecule has 0 aliphatic heterocycles. The first kappa shape index (κ1) is 19.5. The lowest BCUT2D eigenvalue weighted by molar-refractivity contribution is -0.385. The topological polar surface area (TPSA) is 79.8 Å². The zero-order valence-corrected chi connectivity index (χ0v) is 16.4. The van der Waals surface area contributed by atoms with Gasteiger partial charge in [-0.05, 0) is 30.0 Å². The molecule has 3 rings (SSSR count). The molecule has 0 amide bonds. The van der Waals surface area contributed by atoms with E-state index in [-0.39, 0.29) is 5.69 Å². The highest BCUT2D eigenvalue weighted by atomic mass is 32.1. The van der Waals surface area contributed by atoms with Crippen LogP contribution in [0.1, 0.15) is 30.0 Å². The number of benzene rings is 2. The molecule has 1 heterocycles. The molecule has 0 bridgehead atoms. The second-order valence-electron chi connectivity index (χ2n) is 6.82. The second kappa shape index (κ2) is 8.59. The summed E-state index contributed by atoms with van der Waals surface area (Å²) in [6.45, 7) is 4.38. The van der Waals surface area contributed by atoms with Crippen molar-refractivity contribution in [2.24, 2.45) is 5.92 Å². The molecule has 6 heteroatoms. The zero-order chi connectivity index (χ0) is 20.1. The Morgan fingerprint density at radius 2 is 1.96 bits per heavy atom. The zero-order valence-electron chi connectivity index (χ0n) is 15.6. The summed E-state index contributed by atoms with van der Waals surface area (Å²) < 4.78 is 0. The minimum atomic E-state index is -0.452. The molecule has 0 atom stereocenters. The quantitative estimate of drug-likeness (QED) is 0.295. The first-order valence-electron chi connectivity index (χ1n) is 8.88. The number of hydrogen-bond acceptors (Lipinski definition) is 5. The third kappa shape index (κ3) is 4.51. The van der Waals surface area contributed by atoms with Gasteiger partial charge in [0.2, 0.25) is 0 Å². The van der Waals surface area contributed by atoms with Gasteiger partial charge in [0.05, 0.1) is 21.8 Å². The van der Waals surface area contributed by atoms with Gasteiger partial charge in [0.1, 0.15) is 11.1 Å². The van der Waals surface area contributed by atoms with Crippen molar-refractivity contribution in [3.63, 3.8) is 0 Å². The number of nitro groups is 1. The Morgan fingerprint density at radius 1 is 1.25 bits per heavy atom. The molecule has 0 spiro atoms. The molecular weight excluding hydrogens is 370 g/mol. The molecule has 0 saturated carbocycles. The van der Waals surface area contributed by atoms with Crippen LogP contribution in [0.3, 0.4) is 0 Å². The Bertz CT molecular complexity index is 1060. The summed E-state index contributed by atoms with van der Waals surface area (Å²) in [6.07, 6.45) is 2.55. The van der Waals surface area contributed by atoms with Gasteiger partial charge in [0.25, 0.3) is 5.69 Å². The Balaban J connectivity index is 1.90. The van der Waals surface area contributed by atoms with Crippen LogP contribution >= 0.6 is 11.3 Å². The van der Waals surface area contributed by atoms with Crippen molar-refractivity contribution in [2.45, 2.75) is 20.3 Å². The van der Waals surface area contributed by atoms with Crippen molar-refractivity contribution in [1.82, 2.24) is 4.98 Å². The summed E-state index contributed by atoms with van der Waals surface area (Å²) in [5, 5.41) is 23.2. The minimum Gasteiger partial charge on any atom is -0.258 e. The number of allylic oxidation sites excluding steroid dienone is 1. The number of nitro benzene ring substituents is 1. The largest absolute Gasteiger partial charge is 0.276 e. The number of nitriles is 1. The highest BCUT2D eigenvalue weighted by molar-refractivity contribution is 7.11. The van der Waals surface area contributed by atoms with Gasteiger partial charge in [-0.25, -0.2) is 4.98 Å².